The van der Waals surface area contributed by atoms with E-state index in [1.54, 1.807) is 55.5 Å². The topological polar surface area (TPSA) is 108 Å². The molecule has 0 fully saturated rings. The third-order valence-electron chi connectivity index (χ3n) is 4.87. The number of nitrogens with zero attached hydrogens (tertiary/aromatic N) is 2. The van der Waals surface area contributed by atoms with Crippen molar-refractivity contribution in [2.24, 2.45) is 0 Å². The van der Waals surface area contributed by atoms with Crippen LogP contribution in [0.25, 0.3) is 0 Å². The number of amides is 2. The first kappa shape index (κ1) is 23.1. The molecule has 0 saturated heterocycles. The van der Waals surface area contributed by atoms with Crippen LogP contribution in [0, 0.1) is 6.92 Å². The first-order chi connectivity index (χ1) is 15.2. The van der Waals surface area contributed by atoms with Gasteiger partial charge in [-0.2, -0.15) is 0 Å². The average Bonchev–Trinajstić information content (AvgIpc) is 2.79. The zero-order valence-electron chi connectivity index (χ0n) is 18.0. The fourth-order valence-electron chi connectivity index (χ4n) is 3.08. The zero-order chi connectivity index (χ0) is 23.3. The van der Waals surface area contributed by atoms with E-state index >= 15 is 0 Å². The number of sulfonamides is 1. The maximum absolute atomic E-state index is 13.0. The summed E-state index contributed by atoms with van der Waals surface area (Å²) in [6.07, 6.45) is 3.03. The molecule has 0 spiro atoms. The van der Waals surface area contributed by atoms with Gasteiger partial charge < -0.3 is 10.6 Å². The van der Waals surface area contributed by atoms with Gasteiger partial charge in [-0.25, -0.2) is 12.7 Å². The molecule has 0 radical (unpaired) electrons. The van der Waals surface area contributed by atoms with Crippen molar-refractivity contribution in [3.8, 4) is 0 Å². The molecule has 166 valence electrons. The highest BCUT2D eigenvalue weighted by atomic mass is 32.2. The summed E-state index contributed by atoms with van der Waals surface area (Å²) in [6.45, 7) is 1.80. The van der Waals surface area contributed by atoms with Gasteiger partial charge in [0, 0.05) is 38.6 Å². The lowest BCUT2D eigenvalue weighted by molar-refractivity contribution is 0.0951. The minimum Gasteiger partial charge on any atom is -0.348 e. The molecule has 0 atom stereocenters. The first-order valence-electron chi connectivity index (χ1n) is 9.81. The van der Waals surface area contributed by atoms with Gasteiger partial charge in [-0.15, -0.1) is 0 Å². The highest BCUT2D eigenvalue weighted by Gasteiger charge is 2.22. The van der Waals surface area contributed by atoms with E-state index in [0.717, 1.165) is 9.87 Å². The zero-order valence-corrected chi connectivity index (χ0v) is 18.8. The molecule has 1 heterocycles. The molecule has 0 aliphatic rings. The Morgan fingerprint density at radius 2 is 1.62 bits per heavy atom. The van der Waals surface area contributed by atoms with Crippen molar-refractivity contribution in [3.63, 3.8) is 0 Å². The summed E-state index contributed by atoms with van der Waals surface area (Å²) in [4.78, 5) is 29.6. The fourth-order valence-corrected chi connectivity index (χ4v) is 4.20. The Balaban J connectivity index is 1.83. The monoisotopic (exact) mass is 452 g/mol. The van der Waals surface area contributed by atoms with E-state index < -0.39 is 15.9 Å². The van der Waals surface area contributed by atoms with Gasteiger partial charge in [-0.1, -0.05) is 30.3 Å². The summed E-state index contributed by atoms with van der Waals surface area (Å²) >= 11 is 0. The van der Waals surface area contributed by atoms with Gasteiger partial charge in [0.15, 0.2) is 0 Å². The van der Waals surface area contributed by atoms with E-state index in [1.807, 2.05) is 0 Å². The number of hydrogen-bond acceptors (Lipinski definition) is 5. The van der Waals surface area contributed by atoms with Crippen molar-refractivity contribution in [2.75, 3.05) is 19.4 Å². The smallest absolute Gasteiger partial charge is 0.255 e. The van der Waals surface area contributed by atoms with E-state index in [2.05, 4.69) is 15.6 Å². The van der Waals surface area contributed by atoms with Crippen LogP contribution in [0.1, 0.15) is 31.8 Å². The normalized spacial score (nSPS) is 11.2. The van der Waals surface area contributed by atoms with Gasteiger partial charge in [0.05, 0.1) is 16.1 Å². The van der Waals surface area contributed by atoms with Crippen molar-refractivity contribution in [1.82, 2.24) is 14.6 Å². The molecule has 3 aromatic rings. The molecule has 2 N–H and O–H groups in total. The van der Waals surface area contributed by atoms with E-state index in [4.69, 9.17) is 0 Å². The number of anilines is 1. The molecule has 32 heavy (non-hydrogen) atoms. The second-order valence-corrected chi connectivity index (χ2v) is 9.39. The summed E-state index contributed by atoms with van der Waals surface area (Å²) in [7, 11) is -0.754. The standard InChI is InChI=1S/C23H24N4O4S/c1-16-7-6-9-19(21(16)26-22(28)17-11-13-24-14-12-17)23(29)25-15-18-8-4-5-10-20(18)32(30,31)27(2)3/h4-14H,15H2,1-3H3,(H,25,29)(H,26,28). The average molecular weight is 453 g/mol. The van der Waals surface area contributed by atoms with Crippen molar-refractivity contribution in [1.29, 1.82) is 0 Å². The molecular weight excluding hydrogens is 428 g/mol. The number of carbonyl (C=O) groups is 2. The van der Waals surface area contributed by atoms with Gasteiger partial charge in [-0.3, -0.25) is 14.6 Å². The lowest BCUT2D eigenvalue weighted by atomic mass is 10.1. The van der Waals surface area contributed by atoms with Crippen molar-refractivity contribution < 1.29 is 18.0 Å². The summed E-state index contributed by atoms with van der Waals surface area (Å²) < 4.78 is 26.3. The molecule has 0 aliphatic heterocycles. The van der Waals surface area contributed by atoms with Crippen LogP contribution in [0.15, 0.2) is 71.9 Å². The number of para-hydroxylation sites is 1. The minimum atomic E-state index is -3.66. The molecule has 9 heteroatoms. The Labute approximate surface area is 187 Å². The lowest BCUT2D eigenvalue weighted by Gasteiger charge is -2.17. The molecular formula is C23H24N4O4S. The number of nitrogens with one attached hydrogen (secondary N) is 2. The van der Waals surface area contributed by atoms with Crippen LogP contribution in [0.3, 0.4) is 0 Å². The second-order valence-electron chi connectivity index (χ2n) is 7.27. The summed E-state index contributed by atoms with van der Waals surface area (Å²) in [6, 6.07) is 14.8. The van der Waals surface area contributed by atoms with Gasteiger partial charge in [0.25, 0.3) is 11.8 Å². The van der Waals surface area contributed by atoms with Crippen molar-refractivity contribution in [2.45, 2.75) is 18.4 Å². The van der Waals surface area contributed by atoms with Gasteiger partial charge >= 0.3 is 0 Å². The second kappa shape index (κ2) is 9.71. The largest absolute Gasteiger partial charge is 0.348 e. The number of hydrogen-bond donors (Lipinski definition) is 2. The molecule has 2 amide bonds. The van der Waals surface area contributed by atoms with Crippen LogP contribution < -0.4 is 10.6 Å². The third-order valence-corrected chi connectivity index (χ3v) is 6.78. The molecule has 0 bridgehead atoms. The van der Waals surface area contributed by atoms with E-state index in [1.165, 1.54) is 32.6 Å². The van der Waals surface area contributed by atoms with Gasteiger partial charge in [0.1, 0.15) is 0 Å². The number of aromatic nitrogens is 1. The van der Waals surface area contributed by atoms with E-state index in [9.17, 15) is 18.0 Å². The summed E-state index contributed by atoms with van der Waals surface area (Å²) in [5.74, 6) is -0.797. The minimum absolute atomic E-state index is 0.00770. The lowest BCUT2D eigenvalue weighted by Crippen LogP contribution is -2.28. The van der Waals surface area contributed by atoms with Gasteiger partial charge in [0.2, 0.25) is 10.0 Å². The number of rotatable bonds is 7. The summed E-state index contributed by atoms with van der Waals surface area (Å²) in [5.41, 5.74) is 2.26. The van der Waals surface area contributed by atoms with Gasteiger partial charge in [-0.05, 0) is 42.3 Å². The maximum atomic E-state index is 13.0. The predicted molar refractivity (Wildman–Crippen MR) is 122 cm³/mol. The Morgan fingerprint density at radius 1 is 0.938 bits per heavy atom. The first-order valence-corrected chi connectivity index (χ1v) is 11.3. The molecule has 0 aliphatic carbocycles. The number of aryl methyl sites for hydroxylation is 1. The molecule has 0 unspecified atom stereocenters. The SMILES string of the molecule is Cc1cccc(C(=O)NCc2ccccc2S(=O)(=O)N(C)C)c1NC(=O)c1ccncc1. The predicted octanol–water partition coefficient (Wildman–Crippen LogP) is 2.82. The number of carbonyl (C=O) groups excluding carboxylic acids is 2. The van der Waals surface area contributed by atoms with E-state index in [0.29, 0.717) is 16.8 Å². The van der Waals surface area contributed by atoms with Crippen LogP contribution in [0.2, 0.25) is 0 Å². The van der Waals surface area contributed by atoms with Crippen LogP contribution in [-0.4, -0.2) is 43.6 Å². The quantitative estimate of drug-likeness (QED) is 0.573. The Morgan fingerprint density at radius 3 is 2.31 bits per heavy atom. The molecule has 0 saturated carbocycles. The molecule has 8 nitrogen and oxygen atoms in total. The molecule has 1 aromatic heterocycles. The Hall–Kier alpha value is -3.56. The number of pyridine rings is 1. The van der Waals surface area contributed by atoms with E-state index in [-0.39, 0.29) is 22.9 Å². The highest BCUT2D eigenvalue weighted by molar-refractivity contribution is 7.89. The molecule has 3 rings (SSSR count). The fraction of sp³-hybridized carbons (Fsp3) is 0.174. The highest BCUT2D eigenvalue weighted by Crippen LogP contribution is 2.23. The van der Waals surface area contributed by atoms with Crippen molar-refractivity contribution in [3.05, 3.63) is 89.2 Å². The maximum Gasteiger partial charge on any atom is 0.255 e. The van der Waals surface area contributed by atoms with Crippen LogP contribution >= 0.6 is 0 Å². The Kier molecular flexibility index (Phi) is 7.01. The van der Waals surface area contributed by atoms with Crippen LogP contribution in [-0.2, 0) is 16.6 Å². The number of benzene rings is 2. The van der Waals surface area contributed by atoms with Crippen LogP contribution in [0.4, 0.5) is 5.69 Å². The molecule has 2 aromatic carbocycles. The summed E-state index contributed by atoms with van der Waals surface area (Å²) in [5, 5.41) is 5.56. The Bertz CT molecular complexity index is 1240. The van der Waals surface area contributed by atoms with Crippen LogP contribution in [0.5, 0.6) is 0 Å². The third kappa shape index (κ3) is 5.01. The van der Waals surface area contributed by atoms with Crippen molar-refractivity contribution >= 4 is 27.5 Å².